The van der Waals surface area contributed by atoms with Crippen molar-refractivity contribution in [1.82, 2.24) is 5.32 Å². The van der Waals surface area contributed by atoms with Crippen LogP contribution in [0.2, 0.25) is 0 Å². The van der Waals surface area contributed by atoms with Crippen molar-refractivity contribution in [2.45, 2.75) is 12.3 Å². The van der Waals surface area contributed by atoms with Crippen molar-refractivity contribution in [2.24, 2.45) is 5.92 Å². The van der Waals surface area contributed by atoms with E-state index in [9.17, 15) is 13.2 Å². The Labute approximate surface area is 56.0 Å². The molecule has 1 heterocycles. The molecule has 10 heavy (non-hydrogen) atoms. The van der Waals surface area contributed by atoms with E-state index in [0.29, 0.717) is 0 Å². The van der Waals surface area contributed by atoms with E-state index in [0.717, 1.165) is 0 Å². The standard InChI is InChI=1S/C5H8F3NO/c6-5(7,8)4(10)3-1-9-2-3/h3-4,9-10H,1-2H2/t4-/m0/s1. The van der Waals surface area contributed by atoms with Crippen molar-refractivity contribution in [3.05, 3.63) is 0 Å². The van der Waals surface area contributed by atoms with Gasteiger partial charge in [0, 0.05) is 19.0 Å². The lowest BCUT2D eigenvalue weighted by molar-refractivity contribution is -0.223. The van der Waals surface area contributed by atoms with E-state index >= 15 is 0 Å². The first-order valence-corrected chi connectivity index (χ1v) is 2.97. The van der Waals surface area contributed by atoms with Gasteiger partial charge in [0.15, 0.2) is 6.10 Å². The van der Waals surface area contributed by atoms with E-state index in [4.69, 9.17) is 5.11 Å². The molecule has 1 aliphatic rings. The van der Waals surface area contributed by atoms with E-state index in [-0.39, 0.29) is 13.1 Å². The summed E-state index contributed by atoms with van der Waals surface area (Å²) in [6.07, 6.45) is -6.60. The summed E-state index contributed by atoms with van der Waals surface area (Å²) in [7, 11) is 0. The van der Waals surface area contributed by atoms with Gasteiger partial charge in [0.25, 0.3) is 0 Å². The zero-order valence-corrected chi connectivity index (χ0v) is 5.15. The van der Waals surface area contributed by atoms with Crippen LogP contribution in [-0.4, -0.2) is 30.5 Å². The molecular formula is C5H8F3NO. The lowest BCUT2D eigenvalue weighted by Crippen LogP contribution is -2.53. The maximum Gasteiger partial charge on any atom is 0.414 e. The summed E-state index contributed by atoms with van der Waals surface area (Å²) in [5.74, 6) is -0.639. The molecule has 0 amide bonds. The van der Waals surface area contributed by atoms with Gasteiger partial charge in [-0.25, -0.2) is 0 Å². The fourth-order valence-electron chi connectivity index (χ4n) is 0.802. The fourth-order valence-corrected chi connectivity index (χ4v) is 0.802. The molecule has 60 valence electrons. The van der Waals surface area contributed by atoms with Crippen LogP contribution >= 0.6 is 0 Å². The van der Waals surface area contributed by atoms with Crippen molar-refractivity contribution in [3.8, 4) is 0 Å². The Hall–Kier alpha value is -0.290. The molecule has 2 N–H and O–H groups in total. The predicted molar refractivity (Wildman–Crippen MR) is 28.4 cm³/mol. The van der Waals surface area contributed by atoms with Gasteiger partial charge in [0.2, 0.25) is 0 Å². The van der Waals surface area contributed by atoms with Gasteiger partial charge >= 0.3 is 6.18 Å². The molecule has 0 unspecified atom stereocenters. The second kappa shape index (κ2) is 2.39. The molecule has 1 rings (SSSR count). The van der Waals surface area contributed by atoms with E-state index in [1.807, 2.05) is 0 Å². The molecule has 0 aromatic rings. The topological polar surface area (TPSA) is 32.3 Å². The monoisotopic (exact) mass is 155 g/mol. The van der Waals surface area contributed by atoms with Gasteiger partial charge in [-0.1, -0.05) is 0 Å². The number of nitrogens with one attached hydrogen (secondary N) is 1. The van der Waals surface area contributed by atoms with Crippen LogP contribution in [0.4, 0.5) is 13.2 Å². The van der Waals surface area contributed by atoms with Crippen molar-refractivity contribution >= 4 is 0 Å². The van der Waals surface area contributed by atoms with Crippen LogP contribution in [0, 0.1) is 5.92 Å². The Morgan fingerprint density at radius 1 is 1.40 bits per heavy atom. The van der Waals surface area contributed by atoms with Gasteiger partial charge in [-0.15, -0.1) is 0 Å². The summed E-state index contributed by atoms with van der Waals surface area (Å²) < 4.78 is 34.9. The highest BCUT2D eigenvalue weighted by molar-refractivity contribution is 4.85. The fraction of sp³-hybridized carbons (Fsp3) is 1.00. The first-order chi connectivity index (χ1) is 4.52. The average molecular weight is 155 g/mol. The molecule has 1 atom stereocenters. The molecule has 1 aliphatic heterocycles. The molecule has 0 bridgehead atoms. The van der Waals surface area contributed by atoms with Crippen LogP contribution in [0.15, 0.2) is 0 Å². The van der Waals surface area contributed by atoms with Gasteiger partial charge in [-0.2, -0.15) is 13.2 Å². The zero-order valence-electron chi connectivity index (χ0n) is 5.15. The number of aliphatic hydroxyl groups excluding tert-OH is 1. The quantitative estimate of drug-likeness (QED) is 0.564. The summed E-state index contributed by atoms with van der Waals surface area (Å²) in [6.45, 7) is 0.529. The first-order valence-electron chi connectivity index (χ1n) is 2.97. The molecule has 5 heteroatoms. The minimum atomic E-state index is -4.45. The Kier molecular flexibility index (Phi) is 1.87. The van der Waals surface area contributed by atoms with Crippen LogP contribution in [0.5, 0.6) is 0 Å². The molecule has 0 radical (unpaired) electrons. The molecule has 0 aromatic carbocycles. The Balaban J connectivity index is 2.39. The van der Waals surface area contributed by atoms with E-state index in [1.165, 1.54) is 0 Å². The van der Waals surface area contributed by atoms with Gasteiger partial charge in [-0.3, -0.25) is 0 Å². The molecule has 0 aromatic heterocycles. The van der Waals surface area contributed by atoms with E-state index < -0.39 is 18.2 Å². The highest BCUT2D eigenvalue weighted by Crippen LogP contribution is 2.27. The van der Waals surface area contributed by atoms with Crippen molar-refractivity contribution in [2.75, 3.05) is 13.1 Å². The maximum absolute atomic E-state index is 11.6. The lowest BCUT2D eigenvalue weighted by Gasteiger charge is -2.32. The minimum Gasteiger partial charge on any atom is -0.383 e. The van der Waals surface area contributed by atoms with Crippen molar-refractivity contribution < 1.29 is 18.3 Å². The van der Waals surface area contributed by atoms with Crippen LogP contribution in [0.1, 0.15) is 0 Å². The Morgan fingerprint density at radius 2 is 1.90 bits per heavy atom. The molecular weight excluding hydrogens is 147 g/mol. The lowest BCUT2D eigenvalue weighted by atomic mass is 9.96. The van der Waals surface area contributed by atoms with Gasteiger partial charge in [0.05, 0.1) is 0 Å². The highest BCUT2D eigenvalue weighted by atomic mass is 19.4. The zero-order chi connectivity index (χ0) is 7.78. The number of halogens is 3. The number of hydrogen-bond acceptors (Lipinski definition) is 2. The van der Waals surface area contributed by atoms with E-state index in [2.05, 4.69) is 5.32 Å². The summed E-state index contributed by atoms with van der Waals surface area (Å²) in [5, 5.41) is 11.2. The predicted octanol–water partition coefficient (Wildman–Crippen LogP) is 0.129. The third-order valence-electron chi connectivity index (χ3n) is 1.59. The number of hydrogen-bond donors (Lipinski definition) is 2. The van der Waals surface area contributed by atoms with Crippen LogP contribution in [0.25, 0.3) is 0 Å². The van der Waals surface area contributed by atoms with Crippen LogP contribution in [-0.2, 0) is 0 Å². The normalized spacial score (nSPS) is 24.0. The number of aliphatic hydroxyl groups is 1. The smallest absolute Gasteiger partial charge is 0.383 e. The minimum absolute atomic E-state index is 0.265. The second-order valence-corrected chi connectivity index (χ2v) is 2.40. The summed E-state index contributed by atoms with van der Waals surface area (Å²) in [4.78, 5) is 0. The number of alkyl halides is 3. The van der Waals surface area contributed by atoms with Crippen LogP contribution in [0.3, 0.4) is 0 Å². The summed E-state index contributed by atoms with van der Waals surface area (Å²) in [5.41, 5.74) is 0. The third kappa shape index (κ3) is 1.41. The number of rotatable bonds is 1. The molecule has 0 aliphatic carbocycles. The summed E-state index contributed by atoms with van der Waals surface area (Å²) >= 11 is 0. The Bertz CT molecular complexity index is 121. The second-order valence-electron chi connectivity index (χ2n) is 2.40. The third-order valence-corrected chi connectivity index (χ3v) is 1.59. The molecule has 1 saturated heterocycles. The van der Waals surface area contributed by atoms with Gasteiger partial charge in [0.1, 0.15) is 0 Å². The average Bonchev–Trinajstić information content (AvgIpc) is 1.57. The van der Waals surface area contributed by atoms with Crippen molar-refractivity contribution in [3.63, 3.8) is 0 Å². The summed E-state index contributed by atoms with van der Waals surface area (Å²) in [6, 6.07) is 0. The Morgan fingerprint density at radius 3 is 2.00 bits per heavy atom. The van der Waals surface area contributed by atoms with Crippen molar-refractivity contribution in [1.29, 1.82) is 0 Å². The molecule has 0 spiro atoms. The SMILES string of the molecule is O[C@@H](C1CNC1)C(F)(F)F. The first kappa shape index (κ1) is 7.81. The van der Waals surface area contributed by atoms with E-state index in [1.54, 1.807) is 0 Å². The highest BCUT2D eigenvalue weighted by Gasteiger charge is 2.45. The largest absolute Gasteiger partial charge is 0.414 e. The maximum atomic E-state index is 11.6. The van der Waals surface area contributed by atoms with Gasteiger partial charge < -0.3 is 10.4 Å². The molecule has 2 nitrogen and oxygen atoms in total. The molecule has 1 fully saturated rings. The van der Waals surface area contributed by atoms with Gasteiger partial charge in [-0.05, 0) is 0 Å². The van der Waals surface area contributed by atoms with Crippen LogP contribution < -0.4 is 5.32 Å². The molecule has 0 saturated carbocycles.